The Hall–Kier alpha value is -1.31. The lowest BCUT2D eigenvalue weighted by molar-refractivity contribution is -0.127. The first kappa shape index (κ1) is 10.2. The zero-order valence-electron chi connectivity index (χ0n) is 9.15. The minimum atomic E-state index is 0.283. The zero-order valence-corrected chi connectivity index (χ0v) is 9.15. The lowest BCUT2D eigenvalue weighted by Crippen LogP contribution is -2.52. The molecular weight excluding hydrogens is 186 g/mol. The molecule has 0 spiro atoms. The molecule has 1 atom stereocenters. The molecule has 0 bridgehead atoms. The fourth-order valence-corrected chi connectivity index (χ4v) is 2.00. The molecule has 1 aliphatic heterocycles. The van der Waals surface area contributed by atoms with Gasteiger partial charge in [0.25, 0.3) is 0 Å². The normalized spacial score (nSPS) is 20.2. The van der Waals surface area contributed by atoms with Gasteiger partial charge in [0, 0.05) is 12.2 Å². The van der Waals surface area contributed by atoms with Crippen LogP contribution in [0.3, 0.4) is 0 Å². The molecule has 1 aromatic carbocycles. The molecule has 1 fully saturated rings. The highest BCUT2D eigenvalue weighted by Crippen LogP contribution is 2.28. The minimum Gasteiger partial charge on any atom is -0.311 e. The van der Waals surface area contributed by atoms with Crippen molar-refractivity contribution in [3.05, 3.63) is 30.3 Å². The summed E-state index contributed by atoms with van der Waals surface area (Å²) in [5, 5.41) is 0. The Morgan fingerprint density at radius 3 is 2.67 bits per heavy atom. The first-order valence-corrected chi connectivity index (χ1v) is 5.69. The SMILES string of the molecule is CCCCC1CN(c2ccccc2)C1=O. The molecule has 0 aliphatic carbocycles. The molecule has 1 saturated heterocycles. The number of hydrogen-bond donors (Lipinski definition) is 0. The van der Waals surface area contributed by atoms with Gasteiger partial charge < -0.3 is 4.90 Å². The summed E-state index contributed by atoms with van der Waals surface area (Å²) in [6, 6.07) is 9.91. The van der Waals surface area contributed by atoms with Crippen LogP contribution in [0.25, 0.3) is 0 Å². The summed E-state index contributed by atoms with van der Waals surface area (Å²) < 4.78 is 0. The second-order valence-electron chi connectivity index (χ2n) is 4.12. The largest absolute Gasteiger partial charge is 0.311 e. The Kier molecular flexibility index (Phi) is 3.05. The number of β-lactam (4-membered cyclic amide) rings is 1. The summed E-state index contributed by atoms with van der Waals surface area (Å²) in [6.45, 7) is 3.07. The van der Waals surface area contributed by atoms with Gasteiger partial charge in [-0.3, -0.25) is 4.79 Å². The number of carbonyl (C=O) groups is 1. The van der Waals surface area contributed by atoms with Gasteiger partial charge in [0.05, 0.1) is 5.92 Å². The summed E-state index contributed by atoms with van der Waals surface area (Å²) in [5.74, 6) is 0.583. The van der Waals surface area contributed by atoms with E-state index in [1.54, 1.807) is 0 Å². The van der Waals surface area contributed by atoms with E-state index in [9.17, 15) is 4.79 Å². The van der Waals surface area contributed by atoms with Crippen LogP contribution in [0.5, 0.6) is 0 Å². The first-order valence-electron chi connectivity index (χ1n) is 5.69. The molecule has 1 amide bonds. The van der Waals surface area contributed by atoms with Gasteiger partial charge in [0.2, 0.25) is 5.91 Å². The molecular formula is C13H17NO. The Balaban J connectivity index is 1.92. The fraction of sp³-hybridized carbons (Fsp3) is 0.462. The lowest BCUT2D eigenvalue weighted by Gasteiger charge is -2.38. The van der Waals surface area contributed by atoms with Crippen LogP contribution in [0, 0.1) is 5.92 Å². The van der Waals surface area contributed by atoms with Gasteiger partial charge in [-0.15, -0.1) is 0 Å². The van der Waals surface area contributed by atoms with Crippen LogP contribution in [0.1, 0.15) is 26.2 Å². The molecule has 2 nitrogen and oxygen atoms in total. The van der Waals surface area contributed by atoms with Gasteiger partial charge in [-0.1, -0.05) is 38.0 Å². The highest BCUT2D eigenvalue weighted by molar-refractivity contribution is 6.01. The van der Waals surface area contributed by atoms with Crippen molar-refractivity contribution < 1.29 is 4.79 Å². The maximum Gasteiger partial charge on any atom is 0.231 e. The summed E-state index contributed by atoms with van der Waals surface area (Å²) in [5.41, 5.74) is 1.04. The van der Waals surface area contributed by atoms with Crippen molar-refractivity contribution in [2.24, 2.45) is 5.92 Å². The van der Waals surface area contributed by atoms with Crippen LogP contribution in [0.2, 0.25) is 0 Å². The number of nitrogens with zero attached hydrogens (tertiary/aromatic N) is 1. The second kappa shape index (κ2) is 4.47. The van der Waals surface area contributed by atoms with Crippen molar-refractivity contribution in [2.75, 3.05) is 11.4 Å². The Morgan fingerprint density at radius 2 is 2.07 bits per heavy atom. The fourth-order valence-electron chi connectivity index (χ4n) is 2.00. The molecule has 1 aliphatic rings. The number of anilines is 1. The first-order chi connectivity index (χ1) is 7.33. The van der Waals surface area contributed by atoms with Crippen LogP contribution in [0.4, 0.5) is 5.69 Å². The van der Waals surface area contributed by atoms with E-state index in [0.717, 1.165) is 18.7 Å². The number of rotatable bonds is 4. The van der Waals surface area contributed by atoms with E-state index in [0.29, 0.717) is 5.91 Å². The molecule has 80 valence electrons. The van der Waals surface area contributed by atoms with Crippen molar-refractivity contribution in [3.63, 3.8) is 0 Å². The van der Waals surface area contributed by atoms with E-state index >= 15 is 0 Å². The summed E-state index contributed by atoms with van der Waals surface area (Å²) in [4.78, 5) is 13.7. The average Bonchev–Trinajstić information content (AvgIpc) is 2.29. The number of unbranched alkanes of at least 4 members (excludes halogenated alkanes) is 1. The van der Waals surface area contributed by atoms with Crippen molar-refractivity contribution in [2.45, 2.75) is 26.2 Å². The van der Waals surface area contributed by atoms with Crippen LogP contribution < -0.4 is 4.90 Å². The van der Waals surface area contributed by atoms with Gasteiger partial charge >= 0.3 is 0 Å². The van der Waals surface area contributed by atoms with Crippen LogP contribution in [0.15, 0.2) is 30.3 Å². The quantitative estimate of drug-likeness (QED) is 0.689. The third-order valence-corrected chi connectivity index (χ3v) is 2.99. The summed E-state index contributed by atoms with van der Waals surface area (Å²) in [7, 11) is 0. The maximum absolute atomic E-state index is 11.8. The van der Waals surface area contributed by atoms with E-state index in [2.05, 4.69) is 6.92 Å². The minimum absolute atomic E-state index is 0.283. The third-order valence-electron chi connectivity index (χ3n) is 2.99. The molecule has 1 aromatic rings. The van der Waals surface area contributed by atoms with Gasteiger partial charge in [0.1, 0.15) is 0 Å². The molecule has 1 unspecified atom stereocenters. The predicted molar refractivity (Wildman–Crippen MR) is 61.8 cm³/mol. The van der Waals surface area contributed by atoms with E-state index in [-0.39, 0.29) is 5.92 Å². The Bertz CT molecular complexity index is 334. The molecule has 0 radical (unpaired) electrons. The van der Waals surface area contributed by atoms with Gasteiger partial charge in [0.15, 0.2) is 0 Å². The number of carbonyl (C=O) groups excluding carboxylic acids is 1. The molecule has 0 saturated carbocycles. The van der Waals surface area contributed by atoms with Crippen LogP contribution >= 0.6 is 0 Å². The topological polar surface area (TPSA) is 20.3 Å². The molecule has 2 rings (SSSR count). The van der Waals surface area contributed by atoms with E-state index in [1.807, 2.05) is 35.2 Å². The van der Waals surface area contributed by atoms with Crippen LogP contribution in [-0.4, -0.2) is 12.5 Å². The van der Waals surface area contributed by atoms with Crippen LogP contribution in [-0.2, 0) is 4.79 Å². The monoisotopic (exact) mass is 203 g/mol. The lowest BCUT2D eigenvalue weighted by atomic mass is 9.92. The molecule has 0 aromatic heterocycles. The second-order valence-corrected chi connectivity index (χ2v) is 4.12. The average molecular weight is 203 g/mol. The molecule has 15 heavy (non-hydrogen) atoms. The summed E-state index contributed by atoms with van der Waals surface area (Å²) >= 11 is 0. The number of amides is 1. The number of benzene rings is 1. The molecule has 2 heteroatoms. The van der Waals surface area contributed by atoms with Gasteiger partial charge in [-0.2, -0.15) is 0 Å². The van der Waals surface area contributed by atoms with E-state index in [4.69, 9.17) is 0 Å². The highest BCUT2D eigenvalue weighted by Gasteiger charge is 2.36. The summed E-state index contributed by atoms with van der Waals surface area (Å²) in [6.07, 6.45) is 3.40. The third kappa shape index (κ3) is 2.04. The van der Waals surface area contributed by atoms with Crippen molar-refractivity contribution >= 4 is 11.6 Å². The van der Waals surface area contributed by atoms with Gasteiger partial charge in [-0.05, 0) is 18.6 Å². The van der Waals surface area contributed by atoms with Crippen molar-refractivity contribution in [1.82, 2.24) is 0 Å². The van der Waals surface area contributed by atoms with Gasteiger partial charge in [-0.25, -0.2) is 0 Å². The van der Waals surface area contributed by atoms with E-state index in [1.165, 1.54) is 12.8 Å². The Labute approximate surface area is 90.9 Å². The highest BCUT2D eigenvalue weighted by atomic mass is 16.2. The zero-order chi connectivity index (χ0) is 10.7. The smallest absolute Gasteiger partial charge is 0.231 e. The number of para-hydroxylation sites is 1. The molecule has 1 heterocycles. The number of hydrogen-bond acceptors (Lipinski definition) is 1. The van der Waals surface area contributed by atoms with Crippen molar-refractivity contribution in [3.8, 4) is 0 Å². The van der Waals surface area contributed by atoms with E-state index < -0.39 is 0 Å². The standard InChI is InChI=1S/C13H17NO/c1-2-3-7-11-10-14(13(11)15)12-8-5-4-6-9-12/h4-6,8-9,11H,2-3,7,10H2,1H3. The Morgan fingerprint density at radius 1 is 1.33 bits per heavy atom. The molecule has 0 N–H and O–H groups in total. The maximum atomic E-state index is 11.8. The van der Waals surface area contributed by atoms with Crippen molar-refractivity contribution in [1.29, 1.82) is 0 Å². The predicted octanol–water partition coefficient (Wildman–Crippen LogP) is 2.84.